The average Bonchev–Trinajstić information content (AvgIpc) is 2.85. The van der Waals surface area contributed by atoms with Crippen LogP contribution in [0.25, 0.3) is 0 Å². The summed E-state index contributed by atoms with van der Waals surface area (Å²) in [5.41, 5.74) is 0. The average molecular weight is 552 g/mol. The lowest BCUT2D eigenvalue weighted by atomic mass is 10.1. The normalized spacial score (nSPS) is 12.4. The van der Waals surface area contributed by atoms with Gasteiger partial charge in [0.15, 0.2) is 0 Å². The SMILES string of the molecule is CCCCCCCCCC(=O)O[C@@H](CNCCCCCCCCCCCCCOC=O)COP(=O)(O)O. The zero-order valence-electron chi connectivity index (χ0n) is 23.2. The number of phosphoric acid groups is 1. The van der Waals surface area contributed by atoms with Crippen molar-refractivity contribution in [3.05, 3.63) is 0 Å². The van der Waals surface area contributed by atoms with Gasteiger partial charge in [0.2, 0.25) is 0 Å². The third-order valence-corrected chi connectivity index (χ3v) is 6.75. The summed E-state index contributed by atoms with van der Waals surface area (Å²) >= 11 is 0. The minimum atomic E-state index is -4.61. The maximum absolute atomic E-state index is 12.2. The standard InChI is InChI=1S/C27H54NO8P/c1-2-3-4-5-11-14-17-20-27(30)36-26(24-35-37(31,32)33)23-28-21-18-15-12-9-7-6-8-10-13-16-19-22-34-25-29/h25-26,28H,2-24H2,1H3,(H2,31,32,33)/t26-/m0/s1. The van der Waals surface area contributed by atoms with Gasteiger partial charge in [-0.2, -0.15) is 0 Å². The molecule has 10 heteroatoms. The molecule has 0 aliphatic carbocycles. The van der Waals surface area contributed by atoms with Crippen LogP contribution in [-0.4, -0.2) is 54.6 Å². The van der Waals surface area contributed by atoms with Gasteiger partial charge < -0.3 is 24.6 Å². The van der Waals surface area contributed by atoms with Crippen molar-refractivity contribution in [3.8, 4) is 0 Å². The molecule has 0 aromatic heterocycles. The highest BCUT2D eigenvalue weighted by atomic mass is 31.2. The molecule has 0 aliphatic rings. The van der Waals surface area contributed by atoms with E-state index in [9.17, 15) is 14.2 Å². The number of nitrogens with one attached hydrogen (secondary N) is 1. The van der Waals surface area contributed by atoms with Crippen molar-refractivity contribution in [3.63, 3.8) is 0 Å². The fourth-order valence-electron chi connectivity index (χ4n) is 4.12. The van der Waals surface area contributed by atoms with E-state index in [1.54, 1.807) is 0 Å². The van der Waals surface area contributed by atoms with E-state index in [0.29, 0.717) is 26.0 Å². The van der Waals surface area contributed by atoms with Gasteiger partial charge in [-0.1, -0.05) is 103 Å². The van der Waals surface area contributed by atoms with Crippen LogP contribution in [0.4, 0.5) is 0 Å². The van der Waals surface area contributed by atoms with E-state index in [4.69, 9.17) is 14.5 Å². The number of hydrogen-bond donors (Lipinski definition) is 3. The summed E-state index contributed by atoms with van der Waals surface area (Å²) < 4.78 is 25.7. The molecule has 0 saturated heterocycles. The van der Waals surface area contributed by atoms with Crippen molar-refractivity contribution in [1.29, 1.82) is 0 Å². The number of hydrogen-bond acceptors (Lipinski definition) is 7. The summed E-state index contributed by atoms with van der Waals surface area (Å²) in [5, 5.41) is 3.23. The summed E-state index contributed by atoms with van der Waals surface area (Å²) in [6.45, 7) is 3.97. The van der Waals surface area contributed by atoms with Crippen LogP contribution in [0.2, 0.25) is 0 Å². The van der Waals surface area contributed by atoms with Gasteiger partial charge in [-0.25, -0.2) is 4.57 Å². The molecule has 37 heavy (non-hydrogen) atoms. The summed E-state index contributed by atoms with van der Waals surface area (Å²) in [4.78, 5) is 40.2. The number of phosphoric ester groups is 1. The lowest BCUT2D eigenvalue weighted by molar-refractivity contribution is -0.150. The molecular weight excluding hydrogens is 497 g/mol. The van der Waals surface area contributed by atoms with Crippen LogP contribution in [0.5, 0.6) is 0 Å². The van der Waals surface area contributed by atoms with Gasteiger partial charge in [0.1, 0.15) is 6.10 Å². The highest BCUT2D eigenvalue weighted by molar-refractivity contribution is 7.46. The van der Waals surface area contributed by atoms with E-state index in [1.165, 1.54) is 70.6 Å². The van der Waals surface area contributed by atoms with Crippen molar-refractivity contribution in [1.82, 2.24) is 5.32 Å². The lowest BCUT2D eigenvalue weighted by Gasteiger charge is -2.19. The molecule has 0 aromatic rings. The van der Waals surface area contributed by atoms with Gasteiger partial charge in [-0.15, -0.1) is 0 Å². The van der Waals surface area contributed by atoms with E-state index in [-0.39, 0.29) is 12.6 Å². The molecule has 0 rings (SSSR count). The number of carbonyl (C=O) groups excluding carboxylic acids is 2. The van der Waals surface area contributed by atoms with Crippen molar-refractivity contribution in [2.75, 3.05) is 26.3 Å². The quantitative estimate of drug-likeness (QED) is 0.0430. The third-order valence-electron chi connectivity index (χ3n) is 6.27. The molecule has 0 unspecified atom stereocenters. The molecule has 1 atom stereocenters. The van der Waals surface area contributed by atoms with Crippen LogP contribution in [0.1, 0.15) is 129 Å². The summed E-state index contributed by atoms with van der Waals surface area (Å²) in [6.07, 6.45) is 20.1. The van der Waals surface area contributed by atoms with Crippen molar-refractivity contribution >= 4 is 20.3 Å². The first kappa shape index (κ1) is 36.0. The summed E-state index contributed by atoms with van der Waals surface area (Å²) in [5.74, 6) is -0.346. The Bertz CT molecular complexity index is 573. The van der Waals surface area contributed by atoms with Crippen LogP contribution >= 0.6 is 7.82 Å². The van der Waals surface area contributed by atoms with E-state index in [0.717, 1.165) is 51.5 Å². The molecule has 0 aromatic carbocycles. The molecular formula is C27H54NO8P. The molecule has 3 N–H and O–H groups in total. The number of ether oxygens (including phenoxy) is 2. The van der Waals surface area contributed by atoms with Crippen LogP contribution in [0.15, 0.2) is 0 Å². The van der Waals surface area contributed by atoms with Gasteiger partial charge >= 0.3 is 13.8 Å². The monoisotopic (exact) mass is 551 g/mol. The van der Waals surface area contributed by atoms with Gasteiger partial charge in [-0.3, -0.25) is 14.1 Å². The Morgan fingerprint density at radius 2 is 1.32 bits per heavy atom. The van der Waals surface area contributed by atoms with Crippen LogP contribution in [0.3, 0.4) is 0 Å². The Balaban J connectivity index is 3.81. The van der Waals surface area contributed by atoms with Crippen molar-refractivity contribution in [2.45, 2.75) is 135 Å². The fourth-order valence-corrected chi connectivity index (χ4v) is 4.48. The van der Waals surface area contributed by atoms with E-state index in [1.807, 2.05) is 0 Å². The molecule has 0 saturated carbocycles. The Hall–Kier alpha value is -0.990. The van der Waals surface area contributed by atoms with Gasteiger partial charge in [0, 0.05) is 13.0 Å². The maximum Gasteiger partial charge on any atom is 0.469 e. The van der Waals surface area contributed by atoms with Crippen LogP contribution in [-0.2, 0) is 28.2 Å². The van der Waals surface area contributed by atoms with Gasteiger partial charge in [-0.05, 0) is 25.8 Å². The molecule has 0 fully saturated rings. The molecule has 0 aliphatic heterocycles. The number of esters is 1. The highest BCUT2D eigenvalue weighted by Gasteiger charge is 2.21. The largest absolute Gasteiger partial charge is 0.469 e. The van der Waals surface area contributed by atoms with Crippen molar-refractivity contribution < 1.29 is 37.9 Å². The second kappa shape index (κ2) is 26.6. The summed E-state index contributed by atoms with van der Waals surface area (Å²) in [7, 11) is -4.61. The molecule has 0 heterocycles. The minimum Gasteiger partial charge on any atom is -0.468 e. The van der Waals surface area contributed by atoms with Crippen LogP contribution in [0, 0.1) is 0 Å². The van der Waals surface area contributed by atoms with E-state index in [2.05, 4.69) is 21.5 Å². The third kappa shape index (κ3) is 29.4. The summed E-state index contributed by atoms with van der Waals surface area (Å²) in [6, 6.07) is 0. The molecule has 9 nitrogen and oxygen atoms in total. The van der Waals surface area contributed by atoms with Crippen molar-refractivity contribution in [2.24, 2.45) is 0 Å². The maximum atomic E-state index is 12.2. The topological polar surface area (TPSA) is 131 Å². The minimum absolute atomic E-state index is 0.310. The van der Waals surface area contributed by atoms with E-state index >= 15 is 0 Å². The Morgan fingerprint density at radius 3 is 1.86 bits per heavy atom. The number of carbonyl (C=O) groups is 2. The lowest BCUT2D eigenvalue weighted by Crippen LogP contribution is -2.35. The predicted octanol–water partition coefficient (Wildman–Crippen LogP) is 6.20. The number of unbranched alkanes of at least 4 members (excludes halogenated alkanes) is 16. The first-order chi connectivity index (χ1) is 17.9. The highest BCUT2D eigenvalue weighted by Crippen LogP contribution is 2.35. The second-order valence-corrected chi connectivity index (χ2v) is 11.1. The molecule has 220 valence electrons. The second-order valence-electron chi connectivity index (χ2n) is 9.83. The fraction of sp³-hybridized carbons (Fsp3) is 0.926. The molecule has 0 spiro atoms. The number of rotatable bonds is 29. The van der Waals surface area contributed by atoms with E-state index < -0.39 is 13.9 Å². The predicted molar refractivity (Wildman–Crippen MR) is 146 cm³/mol. The first-order valence-electron chi connectivity index (χ1n) is 14.5. The molecule has 0 radical (unpaired) electrons. The first-order valence-corrected chi connectivity index (χ1v) is 16.1. The Morgan fingerprint density at radius 1 is 0.811 bits per heavy atom. The van der Waals surface area contributed by atoms with Crippen LogP contribution < -0.4 is 5.32 Å². The Labute approximate surface area is 225 Å². The molecule has 0 bridgehead atoms. The smallest absolute Gasteiger partial charge is 0.468 e. The van der Waals surface area contributed by atoms with Gasteiger partial charge in [0.05, 0.1) is 13.2 Å². The molecule has 0 amide bonds. The van der Waals surface area contributed by atoms with Gasteiger partial charge in [0.25, 0.3) is 6.47 Å². The Kier molecular flexibility index (Phi) is 25.9. The zero-order valence-corrected chi connectivity index (χ0v) is 24.1. The zero-order chi connectivity index (χ0) is 27.5.